The van der Waals surface area contributed by atoms with Crippen LogP contribution in [0, 0.1) is 10.1 Å². The maximum absolute atomic E-state index is 12.1. The second kappa shape index (κ2) is 9.35. The molecule has 0 aliphatic rings. The van der Waals surface area contributed by atoms with E-state index in [0.717, 1.165) is 9.37 Å². The number of hydrogen-bond donors (Lipinski definition) is 1. The molecule has 1 amide bonds. The molecule has 0 aliphatic heterocycles. The highest BCUT2D eigenvalue weighted by Gasteiger charge is 2.21. The summed E-state index contributed by atoms with van der Waals surface area (Å²) < 4.78 is 6.01. The van der Waals surface area contributed by atoms with Gasteiger partial charge in [0, 0.05) is 15.4 Å². The number of nitrogens with one attached hydrogen (secondary N) is 1. The van der Waals surface area contributed by atoms with Crippen LogP contribution in [0.25, 0.3) is 0 Å². The van der Waals surface area contributed by atoms with Crippen molar-refractivity contribution in [1.82, 2.24) is 0 Å². The number of esters is 1. The molecule has 0 aliphatic carbocycles. The van der Waals surface area contributed by atoms with Crippen molar-refractivity contribution >= 4 is 50.9 Å². The van der Waals surface area contributed by atoms with Crippen LogP contribution >= 0.6 is 27.7 Å². The first-order valence-corrected chi connectivity index (χ1v) is 9.27. The number of thioether (sulfide) groups is 1. The number of benzene rings is 2. The van der Waals surface area contributed by atoms with Gasteiger partial charge in [-0.2, -0.15) is 0 Å². The number of nitrogens with zero attached hydrogens (tertiary/aromatic N) is 1. The molecule has 2 aromatic rings. The lowest BCUT2D eigenvalue weighted by molar-refractivity contribution is -0.383. The number of hydrogen-bond acceptors (Lipinski definition) is 6. The summed E-state index contributed by atoms with van der Waals surface area (Å²) in [4.78, 5) is 35.2. The molecule has 2 rings (SSSR count). The summed E-state index contributed by atoms with van der Waals surface area (Å²) >= 11 is 4.61. The van der Waals surface area contributed by atoms with Crippen LogP contribution < -0.4 is 5.32 Å². The number of carbonyl (C=O) groups excluding carboxylic acids is 2. The maximum atomic E-state index is 12.1. The predicted molar refractivity (Wildman–Crippen MR) is 102 cm³/mol. The van der Waals surface area contributed by atoms with E-state index >= 15 is 0 Å². The third-order valence-electron chi connectivity index (χ3n) is 3.21. The minimum Gasteiger partial charge on any atom is -0.452 e. The molecular formula is C17H15BrN2O5S. The van der Waals surface area contributed by atoms with Crippen LogP contribution in [0.2, 0.25) is 0 Å². The van der Waals surface area contributed by atoms with Gasteiger partial charge in [-0.15, -0.1) is 11.8 Å². The zero-order valence-corrected chi connectivity index (χ0v) is 16.1. The van der Waals surface area contributed by atoms with Gasteiger partial charge in [0.25, 0.3) is 11.6 Å². The van der Waals surface area contributed by atoms with Crippen LogP contribution in [-0.4, -0.2) is 28.7 Å². The van der Waals surface area contributed by atoms with Crippen molar-refractivity contribution in [3.05, 3.63) is 63.1 Å². The zero-order chi connectivity index (χ0) is 19.1. The van der Waals surface area contributed by atoms with Crippen LogP contribution in [0.5, 0.6) is 0 Å². The minimum absolute atomic E-state index is 0.0464. The van der Waals surface area contributed by atoms with Crippen molar-refractivity contribution in [2.75, 3.05) is 11.1 Å². The normalized spacial score (nSPS) is 11.5. The monoisotopic (exact) mass is 438 g/mol. The molecule has 1 atom stereocenters. The van der Waals surface area contributed by atoms with E-state index in [1.807, 2.05) is 24.3 Å². The van der Waals surface area contributed by atoms with Crippen LogP contribution in [0.3, 0.4) is 0 Å². The maximum Gasteiger partial charge on any atom is 0.317 e. The Morgan fingerprint density at radius 1 is 1.23 bits per heavy atom. The molecule has 26 heavy (non-hydrogen) atoms. The van der Waals surface area contributed by atoms with Gasteiger partial charge in [0.15, 0.2) is 6.10 Å². The van der Waals surface area contributed by atoms with Gasteiger partial charge < -0.3 is 10.1 Å². The second-order valence-corrected chi connectivity index (χ2v) is 7.10. The van der Waals surface area contributed by atoms with E-state index in [1.54, 1.807) is 6.07 Å². The first kappa shape index (κ1) is 19.9. The molecule has 9 heteroatoms. The third kappa shape index (κ3) is 5.85. The quantitative estimate of drug-likeness (QED) is 0.303. The van der Waals surface area contributed by atoms with E-state index in [0.29, 0.717) is 0 Å². The summed E-state index contributed by atoms with van der Waals surface area (Å²) in [5.41, 5.74) is -0.181. The summed E-state index contributed by atoms with van der Waals surface area (Å²) in [5.74, 6) is -1.14. The van der Waals surface area contributed by atoms with Crippen molar-refractivity contribution in [1.29, 1.82) is 0 Å². The minimum atomic E-state index is -1.08. The molecule has 7 nitrogen and oxygen atoms in total. The molecule has 1 unspecified atom stereocenters. The Bertz CT molecular complexity index is 813. The summed E-state index contributed by atoms with van der Waals surface area (Å²) in [7, 11) is 0. The molecule has 0 fully saturated rings. The number of rotatable bonds is 7. The Labute approximate surface area is 162 Å². The number of amides is 1. The number of nitro benzene ring substituents is 1. The third-order valence-corrected chi connectivity index (χ3v) is 4.72. The highest BCUT2D eigenvalue weighted by Crippen LogP contribution is 2.24. The topological polar surface area (TPSA) is 98.5 Å². The van der Waals surface area contributed by atoms with Crippen LogP contribution in [0.1, 0.15) is 6.92 Å². The highest BCUT2D eigenvalue weighted by atomic mass is 79.9. The highest BCUT2D eigenvalue weighted by molar-refractivity contribution is 9.10. The predicted octanol–water partition coefficient (Wildman–Crippen LogP) is 4.02. The Morgan fingerprint density at radius 3 is 2.54 bits per heavy atom. The zero-order valence-electron chi connectivity index (χ0n) is 13.7. The van der Waals surface area contributed by atoms with E-state index in [4.69, 9.17) is 4.74 Å². The van der Waals surface area contributed by atoms with E-state index in [9.17, 15) is 19.7 Å². The summed E-state index contributed by atoms with van der Waals surface area (Å²) in [6.45, 7) is 1.41. The van der Waals surface area contributed by atoms with Crippen molar-refractivity contribution in [3.63, 3.8) is 0 Å². The van der Waals surface area contributed by atoms with Crippen molar-refractivity contribution < 1.29 is 19.2 Å². The molecule has 1 N–H and O–H groups in total. The van der Waals surface area contributed by atoms with Gasteiger partial charge in [0.2, 0.25) is 0 Å². The smallest absolute Gasteiger partial charge is 0.317 e. The molecule has 0 bridgehead atoms. The molecule has 136 valence electrons. The second-order valence-electron chi connectivity index (χ2n) is 5.14. The van der Waals surface area contributed by atoms with Crippen molar-refractivity contribution in [2.24, 2.45) is 0 Å². The molecule has 0 aromatic heterocycles. The molecule has 0 heterocycles. The van der Waals surface area contributed by atoms with Gasteiger partial charge in [-0.3, -0.25) is 19.7 Å². The summed E-state index contributed by atoms with van der Waals surface area (Å²) in [6, 6.07) is 13.2. The average Bonchev–Trinajstić information content (AvgIpc) is 2.61. The van der Waals surface area contributed by atoms with E-state index in [-0.39, 0.29) is 17.1 Å². The van der Waals surface area contributed by atoms with Gasteiger partial charge in [-0.05, 0) is 37.3 Å². The van der Waals surface area contributed by atoms with E-state index in [2.05, 4.69) is 21.2 Å². The molecule has 0 saturated carbocycles. The summed E-state index contributed by atoms with van der Waals surface area (Å²) in [6.07, 6.45) is -1.08. The molecule has 0 spiro atoms. The van der Waals surface area contributed by atoms with Gasteiger partial charge in [0.05, 0.1) is 10.7 Å². The largest absolute Gasteiger partial charge is 0.452 e. The fourth-order valence-corrected chi connectivity index (χ4v) is 2.88. The number of ether oxygens (including phenoxy) is 1. The Balaban J connectivity index is 1.87. The van der Waals surface area contributed by atoms with Crippen LogP contribution in [0.15, 0.2) is 57.9 Å². The van der Waals surface area contributed by atoms with E-state index < -0.39 is 22.9 Å². The van der Waals surface area contributed by atoms with E-state index in [1.165, 1.54) is 36.9 Å². The molecule has 2 aromatic carbocycles. The lowest BCUT2D eigenvalue weighted by Crippen LogP contribution is -2.30. The average molecular weight is 439 g/mol. The molecule has 0 radical (unpaired) electrons. The lowest BCUT2D eigenvalue weighted by atomic mass is 10.2. The number of carbonyl (C=O) groups is 2. The molecular weight excluding hydrogens is 424 g/mol. The van der Waals surface area contributed by atoms with Gasteiger partial charge >= 0.3 is 5.97 Å². The number of anilines is 1. The van der Waals surface area contributed by atoms with Crippen molar-refractivity contribution in [3.8, 4) is 0 Å². The lowest BCUT2D eigenvalue weighted by Gasteiger charge is -2.13. The fraction of sp³-hybridized carbons (Fsp3) is 0.176. The number of halogens is 1. The number of para-hydroxylation sites is 2. The first-order chi connectivity index (χ1) is 12.4. The van der Waals surface area contributed by atoms with Crippen molar-refractivity contribution in [2.45, 2.75) is 17.9 Å². The SMILES string of the molecule is CC(OC(=O)CSc1ccc(Br)cc1)C(=O)Nc1ccccc1[N+](=O)[O-]. The van der Waals surface area contributed by atoms with Gasteiger partial charge in [-0.25, -0.2) is 0 Å². The standard InChI is InChI=1S/C17H15BrN2O5S/c1-11(17(22)19-14-4-2-3-5-15(14)20(23)24)25-16(21)10-26-13-8-6-12(18)7-9-13/h2-9,11H,10H2,1H3,(H,19,22). The summed E-state index contributed by atoms with van der Waals surface area (Å²) in [5, 5.41) is 13.4. The first-order valence-electron chi connectivity index (χ1n) is 7.49. The van der Waals surface area contributed by atoms with Gasteiger partial charge in [-0.1, -0.05) is 28.1 Å². The Hall–Kier alpha value is -2.39. The van der Waals surface area contributed by atoms with Gasteiger partial charge in [0.1, 0.15) is 5.69 Å². The molecule has 0 saturated heterocycles. The van der Waals surface area contributed by atoms with Crippen LogP contribution in [-0.2, 0) is 14.3 Å². The Kier molecular flexibility index (Phi) is 7.16. The number of nitro groups is 1. The Morgan fingerprint density at radius 2 is 1.88 bits per heavy atom. The van der Waals surface area contributed by atoms with Crippen LogP contribution in [0.4, 0.5) is 11.4 Å². The fourth-order valence-electron chi connectivity index (χ4n) is 1.93.